The molecule has 1 aromatic rings. The van der Waals surface area contributed by atoms with Crippen LogP contribution in [0.3, 0.4) is 0 Å². The summed E-state index contributed by atoms with van der Waals surface area (Å²) < 4.78 is 5.63. The standard InChI is InChI=1S/C11H18N4O2/c1-2-15-5-6-17-9(8-15)7-14-10-11(16)13-4-3-12-10/h3-4,9H,2,5-8H2,1H3,(H,12,14)(H,13,16). The molecule has 0 bridgehead atoms. The van der Waals surface area contributed by atoms with E-state index in [-0.39, 0.29) is 11.7 Å². The van der Waals surface area contributed by atoms with Gasteiger partial charge in [-0.15, -0.1) is 0 Å². The van der Waals surface area contributed by atoms with Crippen LogP contribution in [0.2, 0.25) is 0 Å². The van der Waals surface area contributed by atoms with Crippen molar-refractivity contribution < 1.29 is 4.74 Å². The molecule has 1 aliphatic rings. The van der Waals surface area contributed by atoms with E-state index in [1.165, 1.54) is 6.20 Å². The van der Waals surface area contributed by atoms with Gasteiger partial charge in [-0.05, 0) is 6.54 Å². The number of H-pyrrole nitrogens is 1. The van der Waals surface area contributed by atoms with Gasteiger partial charge >= 0.3 is 0 Å². The molecule has 2 heterocycles. The van der Waals surface area contributed by atoms with Crippen LogP contribution < -0.4 is 10.9 Å². The molecular formula is C11H18N4O2. The summed E-state index contributed by atoms with van der Waals surface area (Å²) >= 11 is 0. The zero-order chi connectivity index (χ0) is 12.1. The Bertz CT molecular complexity index is 406. The molecule has 6 heteroatoms. The van der Waals surface area contributed by atoms with E-state index in [0.29, 0.717) is 12.4 Å². The molecular weight excluding hydrogens is 220 g/mol. The van der Waals surface area contributed by atoms with Crippen molar-refractivity contribution in [2.24, 2.45) is 0 Å². The lowest BCUT2D eigenvalue weighted by Gasteiger charge is -2.32. The zero-order valence-electron chi connectivity index (χ0n) is 9.98. The zero-order valence-corrected chi connectivity index (χ0v) is 9.98. The van der Waals surface area contributed by atoms with Crippen LogP contribution in [-0.2, 0) is 4.74 Å². The molecule has 0 saturated carbocycles. The lowest BCUT2D eigenvalue weighted by Crippen LogP contribution is -2.45. The molecule has 1 unspecified atom stereocenters. The molecule has 1 atom stereocenters. The molecule has 17 heavy (non-hydrogen) atoms. The molecule has 0 spiro atoms. The fraction of sp³-hybridized carbons (Fsp3) is 0.636. The predicted molar refractivity (Wildman–Crippen MR) is 65.2 cm³/mol. The van der Waals surface area contributed by atoms with Gasteiger partial charge in [0.1, 0.15) is 0 Å². The lowest BCUT2D eigenvalue weighted by atomic mass is 10.2. The molecule has 2 rings (SSSR count). The van der Waals surface area contributed by atoms with Crippen LogP contribution in [0.4, 0.5) is 5.82 Å². The van der Waals surface area contributed by atoms with Crippen molar-refractivity contribution in [1.29, 1.82) is 0 Å². The summed E-state index contributed by atoms with van der Waals surface area (Å²) in [6, 6.07) is 0. The maximum Gasteiger partial charge on any atom is 0.290 e. The summed E-state index contributed by atoms with van der Waals surface area (Å²) in [6.45, 7) is 6.41. The molecule has 0 amide bonds. The van der Waals surface area contributed by atoms with Crippen LogP contribution in [0.1, 0.15) is 6.92 Å². The summed E-state index contributed by atoms with van der Waals surface area (Å²) in [4.78, 5) is 20.3. The minimum absolute atomic E-state index is 0.116. The number of morpholine rings is 1. The average molecular weight is 238 g/mol. The highest BCUT2D eigenvalue weighted by Crippen LogP contribution is 2.05. The quantitative estimate of drug-likeness (QED) is 0.766. The van der Waals surface area contributed by atoms with Crippen LogP contribution in [0.5, 0.6) is 0 Å². The van der Waals surface area contributed by atoms with E-state index in [0.717, 1.165) is 26.2 Å². The maximum atomic E-state index is 11.4. The molecule has 94 valence electrons. The molecule has 0 aliphatic carbocycles. The first-order chi connectivity index (χ1) is 8.29. The second-order valence-corrected chi connectivity index (χ2v) is 4.03. The van der Waals surface area contributed by atoms with E-state index in [2.05, 4.69) is 27.1 Å². The molecule has 0 aromatic carbocycles. The number of hydrogen-bond donors (Lipinski definition) is 2. The molecule has 2 N–H and O–H groups in total. The van der Waals surface area contributed by atoms with Crippen LogP contribution in [0.25, 0.3) is 0 Å². The predicted octanol–water partition coefficient (Wildman–Crippen LogP) is -0.0975. The smallest absolute Gasteiger partial charge is 0.290 e. The van der Waals surface area contributed by atoms with Gasteiger partial charge in [-0.1, -0.05) is 6.92 Å². The van der Waals surface area contributed by atoms with Gasteiger partial charge in [-0.2, -0.15) is 0 Å². The Labute approximate surface area is 100 Å². The third-order valence-electron chi connectivity index (χ3n) is 2.87. The average Bonchev–Trinajstić information content (AvgIpc) is 2.38. The van der Waals surface area contributed by atoms with Gasteiger partial charge in [-0.3, -0.25) is 9.69 Å². The summed E-state index contributed by atoms with van der Waals surface area (Å²) in [5.41, 5.74) is -0.198. The third-order valence-corrected chi connectivity index (χ3v) is 2.87. The van der Waals surface area contributed by atoms with Crippen molar-refractivity contribution in [2.45, 2.75) is 13.0 Å². The fourth-order valence-electron chi connectivity index (χ4n) is 1.88. The van der Waals surface area contributed by atoms with Crippen LogP contribution in [0, 0.1) is 0 Å². The Morgan fingerprint density at radius 1 is 1.71 bits per heavy atom. The highest BCUT2D eigenvalue weighted by atomic mass is 16.5. The lowest BCUT2D eigenvalue weighted by molar-refractivity contribution is -0.0192. The monoisotopic (exact) mass is 238 g/mol. The molecule has 1 saturated heterocycles. The van der Waals surface area contributed by atoms with Crippen LogP contribution in [0.15, 0.2) is 17.2 Å². The number of aromatic nitrogens is 2. The number of nitrogens with one attached hydrogen (secondary N) is 2. The first-order valence-electron chi connectivity index (χ1n) is 5.91. The fourth-order valence-corrected chi connectivity index (χ4v) is 1.88. The topological polar surface area (TPSA) is 70.2 Å². The third kappa shape index (κ3) is 3.28. The van der Waals surface area contributed by atoms with Gasteiger partial charge < -0.3 is 15.0 Å². The van der Waals surface area contributed by atoms with Crippen molar-refractivity contribution in [3.05, 3.63) is 22.7 Å². The SMILES string of the molecule is CCN1CCOC(CNc2ncc[nH]c2=O)C1. The minimum Gasteiger partial charge on any atom is -0.374 e. The Morgan fingerprint density at radius 3 is 3.35 bits per heavy atom. The number of likely N-dealkylation sites (N-methyl/N-ethyl adjacent to an activating group) is 1. The summed E-state index contributed by atoms with van der Waals surface area (Å²) in [5.74, 6) is 0.352. The van der Waals surface area contributed by atoms with Crippen LogP contribution in [-0.4, -0.2) is 53.8 Å². The Morgan fingerprint density at radius 2 is 2.59 bits per heavy atom. The number of ether oxygens (including phenoxy) is 1. The van der Waals surface area contributed by atoms with Crippen molar-refractivity contribution in [1.82, 2.24) is 14.9 Å². The van der Waals surface area contributed by atoms with Gasteiger partial charge in [-0.25, -0.2) is 4.98 Å². The van der Waals surface area contributed by atoms with Crippen molar-refractivity contribution in [3.8, 4) is 0 Å². The van der Waals surface area contributed by atoms with E-state index in [9.17, 15) is 4.79 Å². The highest BCUT2D eigenvalue weighted by Gasteiger charge is 2.19. The Balaban J connectivity index is 1.86. The number of aromatic amines is 1. The molecule has 1 aromatic heterocycles. The Hall–Kier alpha value is -1.40. The molecule has 0 radical (unpaired) electrons. The number of nitrogens with zero attached hydrogens (tertiary/aromatic N) is 2. The van der Waals surface area contributed by atoms with Crippen molar-refractivity contribution in [3.63, 3.8) is 0 Å². The second-order valence-electron chi connectivity index (χ2n) is 4.03. The second kappa shape index (κ2) is 5.79. The molecule has 1 aliphatic heterocycles. The normalized spacial score (nSPS) is 21.4. The highest BCUT2D eigenvalue weighted by molar-refractivity contribution is 5.30. The van der Waals surface area contributed by atoms with E-state index < -0.39 is 0 Å². The molecule has 1 fully saturated rings. The Kier molecular flexibility index (Phi) is 4.11. The largest absolute Gasteiger partial charge is 0.374 e. The van der Waals surface area contributed by atoms with Crippen molar-refractivity contribution in [2.75, 3.05) is 38.1 Å². The van der Waals surface area contributed by atoms with Gasteiger partial charge in [0.15, 0.2) is 5.82 Å². The van der Waals surface area contributed by atoms with Gasteiger partial charge in [0.05, 0.1) is 12.7 Å². The van der Waals surface area contributed by atoms with E-state index in [1.54, 1.807) is 6.20 Å². The first-order valence-corrected chi connectivity index (χ1v) is 5.91. The number of hydrogen-bond acceptors (Lipinski definition) is 5. The maximum absolute atomic E-state index is 11.4. The van der Waals surface area contributed by atoms with Crippen LogP contribution >= 0.6 is 0 Å². The van der Waals surface area contributed by atoms with Crippen molar-refractivity contribution >= 4 is 5.82 Å². The summed E-state index contributed by atoms with van der Waals surface area (Å²) in [5, 5.41) is 3.02. The van der Waals surface area contributed by atoms with E-state index in [4.69, 9.17) is 4.74 Å². The summed E-state index contributed by atoms with van der Waals surface area (Å²) in [6.07, 6.45) is 3.19. The van der Waals surface area contributed by atoms with Gasteiger partial charge in [0, 0.05) is 32.0 Å². The minimum atomic E-state index is -0.198. The van der Waals surface area contributed by atoms with E-state index in [1.807, 2.05) is 0 Å². The van der Waals surface area contributed by atoms with Gasteiger partial charge in [0.2, 0.25) is 0 Å². The van der Waals surface area contributed by atoms with E-state index >= 15 is 0 Å². The summed E-state index contributed by atoms with van der Waals surface area (Å²) in [7, 11) is 0. The number of rotatable bonds is 4. The first kappa shape index (κ1) is 12.1. The molecule has 6 nitrogen and oxygen atoms in total. The van der Waals surface area contributed by atoms with Gasteiger partial charge in [0.25, 0.3) is 5.56 Å². The number of anilines is 1.